The fourth-order valence-electron chi connectivity index (χ4n) is 4.82. The van der Waals surface area contributed by atoms with Crippen LogP contribution in [0.5, 0.6) is 0 Å². The second kappa shape index (κ2) is 12.7. The number of rotatable bonds is 3. The molecule has 0 saturated carbocycles. The molecular formula is C37H37FIrN2OSi-2. The van der Waals surface area contributed by atoms with E-state index >= 15 is 0 Å². The summed E-state index contributed by atoms with van der Waals surface area (Å²) in [4.78, 5) is 8.67. The van der Waals surface area contributed by atoms with Crippen molar-refractivity contribution in [1.82, 2.24) is 9.97 Å². The van der Waals surface area contributed by atoms with E-state index in [4.69, 9.17) is 12.6 Å². The summed E-state index contributed by atoms with van der Waals surface area (Å²) in [5, 5.41) is 2.88. The van der Waals surface area contributed by atoms with Crippen LogP contribution in [0, 0.1) is 31.7 Å². The summed E-state index contributed by atoms with van der Waals surface area (Å²) < 4.78 is 65.8. The maximum atomic E-state index is 14.2. The van der Waals surface area contributed by atoms with Gasteiger partial charge < -0.3 is 14.4 Å². The van der Waals surface area contributed by atoms with Crippen LogP contribution in [0.25, 0.3) is 44.5 Å². The second-order valence-corrected chi connectivity index (χ2v) is 17.4. The monoisotopic (exact) mass is 771 g/mol. The molecule has 3 heterocycles. The number of para-hydroxylation sites is 1. The first kappa shape index (κ1) is 24.9. The van der Waals surface area contributed by atoms with Gasteiger partial charge in [0.25, 0.3) is 0 Å². The minimum absolute atomic E-state index is 0. The van der Waals surface area contributed by atoms with Gasteiger partial charge in [-0.1, -0.05) is 94.1 Å². The van der Waals surface area contributed by atoms with E-state index in [1.165, 1.54) is 18.3 Å². The predicted molar refractivity (Wildman–Crippen MR) is 175 cm³/mol. The van der Waals surface area contributed by atoms with Crippen molar-refractivity contribution in [1.29, 1.82) is 0 Å². The Bertz CT molecular complexity index is 2100. The Morgan fingerprint density at radius 3 is 2.33 bits per heavy atom. The largest absolute Gasteiger partial charge is 0.501 e. The van der Waals surface area contributed by atoms with Crippen LogP contribution in [0.3, 0.4) is 0 Å². The standard InChI is InChI=1S/C21H17FNO.C16H20NSi.Ir/c1-21(2,3)16-11-18(23-12-17(16)22)15-9-6-8-14-13-7-4-5-10-19(13)24-20(14)15;1-12-6-8-14(9-7-12)15-10-13(2)16(11-17-15)18(3,4)5;/h4-8,10-12H,1-3H3;6-8,10-11H,1-5H3;/q2*-1;/i;1D3,2D3;. The number of aryl methyl sites for hydroxylation is 2. The van der Waals surface area contributed by atoms with E-state index in [2.05, 4.69) is 41.7 Å². The van der Waals surface area contributed by atoms with Crippen molar-refractivity contribution in [2.45, 2.75) is 59.5 Å². The average molecular weight is 771 g/mol. The topological polar surface area (TPSA) is 38.9 Å². The van der Waals surface area contributed by atoms with Crippen molar-refractivity contribution in [3.63, 3.8) is 0 Å². The Morgan fingerprint density at radius 2 is 1.65 bits per heavy atom. The second-order valence-electron chi connectivity index (χ2n) is 12.3. The molecule has 0 fully saturated rings. The van der Waals surface area contributed by atoms with E-state index in [1.807, 2.05) is 57.2 Å². The van der Waals surface area contributed by atoms with Crippen LogP contribution in [0.4, 0.5) is 4.39 Å². The Kier molecular flexibility index (Phi) is 7.34. The molecule has 0 aliphatic carbocycles. The van der Waals surface area contributed by atoms with Gasteiger partial charge in [0.1, 0.15) is 11.4 Å². The van der Waals surface area contributed by atoms with E-state index in [-0.39, 0.29) is 36.9 Å². The summed E-state index contributed by atoms with van der Waals surface area (Å²) in [6.45, 7) is 7.80. The number of nitrogens with zero attached hydrogens (tertiary/aromatic N) is 2. The first-order chi connectivity index (χ1) is 22.2. The van der Waals surface area contributed by atoms with Gasteiger partial charge in [0.15, 0.2) is 0 Å². The third-order valence-electron chi connectivity index (χ3n) is 7.06. The Labute approximate surface area is 277 Å². The molecule has 0 atom stereocenters. The van der Waals surface area contributed by atoms with Crippen LogP contribution in [0.2, 0.25) is 19.6 Å². The van der Waals surface area contributed by atoms with Crippen LogP contribution in [-0.4, -0.2) is 18.0 Å². The molecule has 3 aromatic heterocycles. The fraction of sp³-hybridized carbons (Fsp3) is 0.243. The SMILES string of the molecule is CC(C)(C)c1cc(-c2[c-]ccc3c2oc2ccccc23)ncc1F.[2H]C([2H])([2H])c1c[c-]c(-c2cc(C([2H])([2H])[2H])c([Si](C)(C)C)cn2)cc1.[Ir]. The maximum Gasteiger partial charge on any atom is 0.143 e. The minimum Gasteiger partial charge on any atom is -0.501 e. The van der Waals surface area contributed by atoms with Crippen LogP contribution in [-0.2, 0) is 25.5 Å². The molecule has 3 nitrogen and oxygen atoms in total. The number of halogens is 1. The van der Waals surface area contributed by atoms with Crippen molar-refractivity contribution < 1.29 is 37.1 Å². The van der Waals surface area contributed by atoms with Crippen LogP contribution < -0.4 is 5.19 Å². The van der Waals surface area contributed by atoms with Crippen LogP contribution in [0.15, 0.2) is 83.5 Å². The molecular weight excluding hydrogens is 728 g/mol. The summed E-state index contributed by atoms with van der Waals surface area (Å²) >= 11 is 0. The van der Waals surface area contributed by atoms with Gasteiger partial charge in [0, 0.05) is 39.9 Å². The Morgan fingerprint density at radius 1 is 0.884 bits per heavy atom. The van der Waals surface area contributed by atoms with E-state index in [9.17, 15) is 4.39 Å². The van der Waals surface area contributed by atoms with Crippen LogP contribution >= 0.6 is 0 Å². The maximum absolute atomic E-state index is 14.2. The van der Waals surface area contributed by atoms with E-state index < -0.39 is 21.8 Å². The number of fused-ring (bicyclic) bond motifs is 3. The molecule has 0 aliphatic rings. The first-order valence-corrected chi connectivity index (χ1v) is 17.3. The number of pyridine rings is 2. The molecule has 0 N–H and O–H groups in total. The predicted octanol–water partition coefficient (Wildman–Crippen LogP) is 9.59. The molecule has 0 aliphatic heterocycles. The van der Waals surface area contributed by atoms with Gasteiger partial charge >= 0.3 is 0 Å². The Balaban J connectivity index is 0.000000216. The molecule has 6 aromatic rings. The van der Waals surface area contributed by atoms with Gasteiger partial charge in [0.05, 0.1) is 19.9 Å². The molecule has 43 heavy (non-hydrogen) atoms. The summed E-state index contributed by atoms with van der Waals surface area (Å²) in [5.74, 6) is -0.289. The number of hydrogen-bond acceptors (Lipinski definition) is 3. The molecule has 1 radical (unpaired) electrons. The molecule has 0 spiro atoms. The third-order valence-corrected chi connectivity index (χ3v) is 9.07. The van der Waals surface area contributed by atoms with E-state index in [1.54, 1.807) is 24.4 Å². The number of hydrogen-bond donors (Lipinski definition) is 0. The quantitative estimate of drug-likeness (QED) is 0.133. The summed E-state index contributed by atoms with van der Waals surface area (Å²) in [7, 11) is -1.85. The van der Waals surface area contributed by atoms with Crippen molar-refractivity contribution in [3.05, 3.63) is 114 Å². The zero-order chi connectivity index (χ0) is 35.2. The molecule has 0 saturated heterocycles. The summed E-state index contributed by atoms with van der Waals surface area (Å²) in [6.07, 6.45) is 2.93. The van der Waals surface area contributed by atoms with E-state index in [0.29, 0.717) is 28.1 Å². The molecule has 6 heteroatoms. The van der Waals surface area contributed by atoms with Gasteiger partial charge in [0.2, 0.25) is 0 Å². The van der Waals surface area contributed by atoms with Crippen LogP contribution in [0.1, 0.15) is 45.7 Å². The number of furan rings is 1. The smallest absolute Gasteiger partial charge is 0.143 e. The molecule has 0 bridgehead atoms. The third kappa shape index (κ3) is 7.04. The normalized spacial score (nSPS) is 14.3. The number of benzene rings is 3. The van der Waals surface area contributed by atoms with Gasteiger partial charge in [-0.3, -0.25) is 0 Å². The molecule has 6 rings (SSSR count). The average Bonchev–Trinajstić information content (AvgIpc) is 3.39. The Hall–Kier alpha value is -3.44. The van der Waals surface area contributed by atoms with Gasteiger partial charge in [-0.15, -0.1) is 53.6 Å². The van der Waals surface area contributed by atoms with Crippen molar-refractivity contribution in [3.8, 4) is 22.5 Å². The summed E-state index contributed by atoms with van der Waals surface area (Å²) in [6, 6.07) is 25.8. The van der Waals surface area contributed by atoms with Gasteiger partial charge in [-0.25, -0.2) is 4.39 Å². The van der Waals surface area contributed by atoms with Crippen molar-refractivity contribution >= 4 is 35.2 Å². The van der Waals surface area contributed by atoms with Crippen molar-refractivity contribution in [2.75, 3.05) is 0 Å². The van der Waals surface area contributed by atoms with Crippen molar-refractivity contribution in [2.24, 2.45) is 0 Å². The fourth-order valence-corrected chi connectivity index (χ4v) is 6.15. The molecule has 0 unspecified atom stereocenters. The molecule has 0 amide bonds. The minimum atomic E-state index is -2.22. The van der Waals surface area contributed by atoms with Gasteiger partial charge in [-0.2, -0.15) is 0 Å². The van der Waals surface area contributed by atoms with E-state index in [0.717, 1.165) is 32.7 Å². The first-order valence-electron chi connectivity index (χ1n) is 16.8. The summed E-state index contributed by atoms with van der Waals surface area (Å²) in [5.41, 5.74) is 4.90. The molecule has 3 aromatic carbocycles. The van der Waals surface area contributed by atoms with Gasteiger partial charge in [-0.05, 0) is 40.5 Å². The zero-order valence-electron chi connectivity index (χ0n) is 31.0. The molecule has 223 valence electrons. The number of aromatic nitrogens is 2. The zero-order valence-corrected chi connectivity index (χ0v) is 28.4.